The molecule has 4 N–H and O–H groups in total. The van der Waals surface area contributed by atoms with E-state index in [0.29, 0.717) is 12.8 Å². The van der Waals surface area contributed by atoms with Crippen LogP contribution < -0.4 is 5.32 Å². The van der Waals surface area contributed by atoms with Crippen LogP contribution in [-0.2, 0) is 32.7 Å². The van der Waals surface area contributed by atoms with E-state index in [-0.39, 0.29) is 12.8 Å². The Morgan fingerprint density at radius 1 is 0.825 bits per heavy atom. The number of amides is 1. The molecular formula is C28H48NO10P. The van der Waals surface area contributed by atoms with Crippen molar-refractivity contribution in [2.45, 2.75) is 103 Å². The van der Waals surface area contributed by atoms with Crippen LogP contribution in [0.2, 0.25) is 0 Å². The molecule has 0 saturated heterocycles. The first-order chi connectivity index (χ1) is 19.1. The van der Waals surface area contributed by atoms with Crippen LogP contribution in [0.5, 0.6) is 0 Å². The summed E-state index contributed by atoms with van der Waals surface area (Å²) < 4.78 is 26.3. The van der Waals surface area contributed by atoms with Gasteiger partial charge in [-0.3, -0.25) is 18.6 Å². The Morgan fingerprint density at radius 3 is 2.10 bits per heavy atom. The Bertz CT molecular complexity index is 843. The van der Waals surface area contributed by atoms with E-state index in [2.05, 4.69) is 57.7 Å². The Morgan fingerprint density at radius 2 is 1.45 bits per heavy atom. The van der Waals surface area contributed by atoms with Gasteiger partial charge in [0.1, 0.15) is 12.7 Å². The highest BCUT2D eigenvalue weighted by molar-refractivity contribution is 7.47. The summed E-state index contributed by atoms with van der Waals surface area (Å²) in [5.41, 5.74) is 0. The number of rotatable bonds is 25. The minimum absolute atomic E-state index is 0.128. The van der Waals surface area contributed by atoms with Gasteiger partial charge in [0.25, 0.3) is 0 Å². The van der Waals surface area contributed by atoms with Crippen molar-refractivity contribution in [3.05, 3.63) is 36.5 Å². The summed E-state index contributed by atoms with van der Waals surface area (Å²) in [6.45, 7) is 2.14. The number of hydrogen-bond acceptors (Lipinski definition) is 8. The highest BCUT2D eigenvalue weighted by Crippen LogP contribution is 2.43. The molecule has 0 aliphatic rings. The molecule has 0 aromatic rings. The molecule has 0 radical (unpaired) electrons. The van der Waals surface area contributed by atoms with Crippen molar-refractivity contribution in [3.63, 3.8) is 0 Å². The Labute approximate surface area is 238 Å². The fourth-order valence-corrected chi connectivity index (χ4v) is 3.98. The number of carboxylic acids is 1. The molecule has 0 aromatic heterocycles. The number of unbranched alkanes of at least 4 members (excludes halogenated alkanes) is 5. The summed E-state index contributed by atoms with van der Waals surface area (Å²) in [7, 11) is -4.73. The number of phosphoric ester groups is 1. The van der Waals surface area contributed by atoms with Gasteiger partial charge in [-0.1, -0.05) is 69.6 Å². The predicted octanol–water partition coefficient (Wildman–Crippen LogP) is 4.98. The third-order valence-corrected chi connectivity index (χ3v) is 6.39. The molecule has 0 rings (SSSR count). The number of phosphoric acid groups is 1. The van der Waals surface area contributed by atoms with Gasteiger partial charge in [-0.15, -0.1) is 0 Å². The van der Waals surface area contributed by atoms with E-state index in [9.17, 15) is 34.1 Å². The third-order valence-electron chi connectivity index (χ3n) is 5.44. The van der Waals surface area contributed by atoms with Crippen molar-refractivity contribution in [1.82, 2.24) is 5.32 Å². The zero-order chi connectivity index (χ0) is 30.1. The Hall–Kier alpha value is -2.30. The van der Waals surface area contributed by atoms with E-state index in [1.807, 2.05) is 6.92 Å². The highest BCUT2D eigenvalue weighted by Gasteiger charge is 2.28. The molecule has 1 amide bonds. The fraction of sp³-hybridized carbons (Fsp3) is 0.679. The number of hydrogen-bond donors (Lipinski definition) is 4. The van der Waals surface area contributed by atoms with Crippen LogP contribution in [0, 0.1) is 0 Å². The Balaban J connectivity index is 4.04. The van der Waals surface area contributed by atoms with Gasteiger partial charge in [-0.05, 0) is 44.9 Å². The van der Waals surface area contributed by atoms with E-state index in [4.69, 9.17) is 4.74 Å². The molecular weight excluding hydrogens is 541 g/mol. The molecule has 0 aliphatic heterocycles. The monoisotopic (exact) mass is 589 g/mol. The van der Waals surface area contributed by atoms with E-state index in [1.165, 1.54) is 0 Å². The van der Waals surface area contributed by atoms with Gasteiger partial charge in [0.15, 0.2) is 6.04 Å². The average Bonchev–Trinajstić information content (AvgIpc) is 2.91. The smallest absolute Gasteiger partial charge is 0.472 e. The van der Waals surface area contributed by atoms with Crippen LogP contribution in [0.15, 0.2) is 36.5 Å². The molecule has 3 atom stereocenters. The SMILES string of the molecule is CC/C=C\C/C=C\C/C=C\CCCCCC(=O)OCC(O)COP(=O)(O)OCC(NC(=O)CCCCC)C(=O)O. The number of aliphatic carboxylic acids is 1. The normalized spacial score (nSPS) is 14.9. The number of allylic oxidation sites excluding steroid dienone is 6. The largest absolute Gasteiger partial charge is 0.480 e. The first kappa shape index (κ1) is 37.7. The second-order valence-electron chi connectivity index (χ2n) is 9.21. The predicted molar refractivity (Wildman–Crippen MR) is 152 cm³/mol. The summed E-state index contributed by atoms with van der Waals surface area (Å²) >= 11 is 0. The van der Waals surface area contributed by atoms with Crippen molar-refractivity contribution < 1.29 is 47.8 Å². The Kier molecular flexibility index (Phi) is 23.1. The van der Waals surface area contributed by atoms with Gasteiger partial charge in [0.05, 0.1) is 13.2 Å². The lowest BCUT2D eigenvalue weighted by Crippen LogP contribution is -2.43. The van der Waals surface area contributed by atoms with Crippen LogP contribution in [0.4, 0.5) is 0 Å². The summed E-state index contributed by atoms with van der Waals surface area (Å²) in [5, 5.41) is 21.3. The number of carboxylic acid groups (broad SMARTS) is 1. The quantitative estimate of drug-likeness (QED) is 0.0493. The van der Waals surface area contributed by atoms with Crippen molar-refractivity contribution in [3.8, 4) is 0 Å². The van der Waals surface area contributed by atoms with E-state index in [1.54, 1.807) is 0 Å². The standard InChI is InChI=1S/C28H48NO10P/c1-3-5-7-8-9-10-11-12-13-14-15-16-18-20-27(32)37-21-24(30)22-38-40(35,36)39-23-25(28(33)34)29-26(31)19-17-6-4-2/h5,7,9-10,12-13,24-25,30H,3-4,6,8,11,14-23H2,1-2H3,(H,29,31)(H,33,34)(H,35,36)/b7-5-,10-9-,13-12-. The molecule has 0 aliphatic carbocycles. The highest BCUT2D eigenvalue weighted by atomic mass is 31.2. The van der Waals surface area contributed by atoms with Gasteiger partial charge >= 0.3 is 19.8 Å². The van der Waals surface area contributed by atoms with Crippen molar-refractivity contribution >= 4 is 25.7 Å². The van der Waals surface area contributed by atoms with E-state index in [0.717, 1.165) is 51.4 Å². The van der Waals surface area contributed by atoms with Gasteiger partial charge in [0, 0.05) is 12.8 Å². The minimum Gasteiger partial charge on any atom is -0.480 e. The number of nitrogens with one attached hydrogen (secondary N) is 1. The van der Waals surface area contributed by atoms with Crippen LogP contribution in [0.25, 0.3) is 0 Å². The van der Waals surface area contributed by atoms with Gasteiger partial charge in [-0.25, -0.2) is 9.36 Å². The van der Waals surface area contributed by atoms with Crippen molar-refractivity contribution in [1.29, 1.82) is 0 Å². The lowest BCUT2D eigenvalue weighted by Gasteiger charge is -2.18. The number of esters is 1. The van der Waals surface area contributed by atoms with Gasteiger partial charge in [0.2, 0.25) is 5.91 Å². The zero-order valence-corrected chi connectivity index (χ0v) is 24.8. The first-order valence-corrected chi connectivity index (χ1v) is 15.5. The summed E-state index contributed by atoms with van der Waals surface area (Å²) in [5.74, 6) is -2.45. The van der Waals surface area contributed by atoms with Gasteiger partial charge < -0.3 is 25.2 Å². The molecule has 230 valence electrons. The van der Waals surface area contributed by atoms with Crippen LogP contribution in [0.3, 0.4) is 0 Å². The molecule has 0 bridgehead atoms. The molecule has 0 aromatic carbocycles. The number of aliphatic hydroxyl groups is 1. The zero-order valence-electron chi connectivity index (χ0n) is 23.9. The lowest BCUT2D eigenvalue weighted by atomic mass is 10.1. The molecule has 0 fully saturated rings. The fourth-order valence-electron chi connectivity index (χ4n) is 3.21. The first-order valence-electron chi connectivity index (χ1n) is 14.0. The van der Waals surface area contributed by atoms with Gasteiger partial charge in [-0.2, -0.15) is 0 Å². The van der Waals surface area contributed by atoms with Crippen molar-refractivity contribution in [2.24, 2.45) is 0 Å². The second kappa shape index (κ2) is 24.5. The maximum Gasteiger partial charge on any atom is 0.472 e. The molecule has 0 spiro atoms. The molecule has 3 unspecified atom stereocenters. The molecule has 0 heterocycles. The second-order valence-corrected chi connectivity index (χ2v) is 10.7. The number of carbonyl (C=O) groups excluding carboxylic acids is 2. The molecule has 0 saturated carbocycles. The maximum absolute atomic E-state index is 12.0. The number of ether oxygens (including phenoxy) is 1. The number of carbonyl (C=O) groups is 3. The summed E-state index contributed by atoms with van der Waals surface area (Å²) in [6, 6.07) is -1.54. The summed E-state index contributed by atoms with van der Waals surface area (Å²) in [6.07, 6.45) is 20.3. The molecule has 12 heteroatoms. The maximum atomic E-state index is 12.0. The minimum atomic E-state index is -4.73. The third kappa shape index (κ3) is 23.6. The van der Waals surface area contributed by atoms with E-state index >= 15 is 0 Å². The molecule has 11 nitrogen and oxygen atoms in total. The van der Waals surface area contributed by atoms with Crippen LogP contribution in [0.1, 0.15) is 90.9 Å². The average molecular weight is 590 g/mol. The summed E-state index contributed by atoms with van der Waals surface area (Å²) in [4.78, 5) is 44.7. The van der Waals surface area contributed by atoms with Crippen LogP contribution >= 0.6 is 7.82 Å². The van der Waals surface area contributed by atoms with E-state index < -0.39 is 57.6 Å². The topological polar surface area (TPSA) is 169 Å². The lowest BCUT2D eigenvalue weighted by molar-refractivity contribution is -0.147. The van der Waals surface area contributed by atoms with Crippen LogP contribution in [-0.4, -0.2) is 64.9 Å². The number of aliphatic hydroxyl groups excluding tert-OH is 1. The van der Waals surface area contributed by atoms with Crippen molar-refractivity contribution in [2.75, 3.05) is 19.8 Å². The molecule has 40 heavy (non-hydrogen) atoms.